The number of pyridine rings is 1. The van der Waals surface area contributed by atoms with Gasteiger partial charge in [-0.1, -0.05) is 17.7 Å². The van der Waals surface area contributed by atoms with Gasteiger partial charge >= 0.3 is 5.97 Å². The number of aromatic carboxylic acids is 1. The van der Waals surface area contributed by atoms with Crippen LogP contribution in [-0.4, -0.2) is 16.1 Å². The number of hydrogen-bond donors (Lipinski definition) is 2. The molecule has 1 atom stereocenters. The van der Waals surface area contributed by atoms with Gasteiger partial charge in [0.05, 0.1) is 16.6 Å². The predicted molar refractivity (Wildman–Crippen MR) is 74.7 cm³/mol. The third kappa shape index (κ3) is 3.23. The molecule has 0 amide bonds. The van der Waals surface area contributed by atoms with E-state index in [-0.39, 0.29) is 16.6 Å². The van der Waals surface area contributed by atoms with E-state index in [9.17, 15) is 4.79 Å². The second kappa shape index (κ2) is 5.71. The molecule has 0 radical (unpaired) electrons. The lowest BCUT2D eigenvalue weighted by atomic mass is 10.1. The summed E-state index contributed by atoms with van der Waals surface area (Å²) in [5.74, 6) is -1.03. The lowest BCUT2D eigenvalue weighted by Crippen LogP contribution is -2.07. The minimum Gasteiger partial charge on any atom is -0.478 e. The van der Waals surface area contributed by atoms with Gasteiger partial charge in [-0.25, -0.2) is 4.79 Å². The third-order valence-corrected chi connectivity index (χ3v) is 3.08. The fourth-order valence-electron chi connectivity index (χ4n) is 1.74. The SMILES string of the molecule is CC(Nc1ccc(C(=O)O)c(Cl)c1)c1cccnc1. The third-order valence-electron chi connectivity index (χ3n) is 2.77. The lowest BCUT2D eigenvalue weighted by Gasteiger charge is -2.15. The summed E-state index contributed by atoms with van der Waals surface area (Å²) < 4.78 is 0. The zero-order valence-electron chi connectivity index (χ0n) is 10.3. The van der Waals surface area contributed by atoms with Crippen molar-refractivity contribution in [3.8, 4) is 0 Å². The van der Waals surface area contributed by atoms with E-state index in [1.54, 1.807) is 24.5 Å². The smallest absolute Gasteiger partial charge is 0.337 e. The minimum absolute atomic E-state index is 0.0560. The van der Waals surface area contributed by atoms with Gasteiger partial charge in [0, 0.05) is 18.1 Å². The highest BCUT2D eigenvalue weighted by Crippen LogP contribution is 2.24. The zero-order chi connectivity index (χ0) is 13.8. The summed E-state index contributed by atoms with van der Waals surface area (Å²) >= 11 is 5.92. The molecule has 1 heterocycles. The summed E-state index contributed by atoms with van der Waals surface area (Å²) in [6, 6.07) is 8.69. The maximum atomic E-state index is 10.9. The van der Waals surface area contributed by atoms with E-state index in [1.807, 2.05) is 19.1 Å². The summed E-state index contributed by atoms with van der Waals surface area (Å²) in [7, 11) is 0. The van der Waals surface area contributed by atoms with Crippen LogP contribution in [-0.2, 0) is 0 Å². The molecule has 2 N–H and O–H groups in total. The van der Waals surface area contributed by atoms with Crippen molar-refractivity contribution in [2.45, 2.75) is 13.0 Å². The molecular formula is C14H13ClN2O2. The number of anilines is 1. The van der Waals surface area contributed by atoms with Gasteiger partial charge in [-0.2, -0.15) is 0 Å². The van der Waals surface area contributed by atoms with Gasteiger partial charge in [-0.15, -0.1) is 0 Å². The van der Waals surface area contributed by atoms with Crippen molar-refractivity contribution in [3.63, 3.8) is 0 Å². The van der Waals surface area contributed by atoms with Crippen LogP contribution in [0.15, 0.2) is 42.7 Å². The monoisotopic (exact) mass is 276 g/mol. The van der Waals surface area contributed by atoms with Gasteiger partial charge < -0.3 is 10.4 Å². The number of aromatic nitrogens is 1. The van der Waals surface area contributed by atoms with Crippen LogP contribution in [0.5, 0.6) is 0 Å². The van der Waals surface area contributed by atoms with Crippen molar-refractivity contribution in [1.29, 1.82) is 0 Å². The van der Waals surface area contributed by atoms with E-state index in [0.29, 0.717) is 0 Å². The number of carboxylic acid groups (broad SMARTS) is 1. The number of carbonyl (C=O) groups is 1. The Hall–Kier alpha value is -2.07. The Morgan fingerprint density at radius 3 is 2.79 bits per heavy atom. The Labute approximate surface area is 116 Å². The van der Waals surface area contributed by atoms with Gasteiger partial charge in [-0.05, 0) is 36.8 Å². The van der Waals surface area contributed by atoms with Gasteiger partial charge in [0.25, 0.3) is 0 Å². The number of nitrogens with one attached hydrogen (secondary N) is 1. The van der Waals surface area contributed by atoms with Gasteiger partial charge in [0.2, 0.25) is 0 Å². The topological polar surface area (TPSA) is 62.2 Å². The van der Waals surface area contributed by atoms with Gasteiger partial charge in [0.15, 0.2) is 0 Å². The molecule has 2 rings (SSSR count). The molecule has 0 aliphatic heterocycles. The molecule has 0 saturated carbocycles. The summed E-state index contributed by atoms with van der Waals surface area (Å²) in [5.41, 5.74) is 1.91. The molecular weight excluding hydrogens is 264 g/mol. The number of nitrogens with zero attached hydrogens (tertiary/aromatic N) is 1. The summed E-state index contributed by atoms with van der Waals surface area (Å²) in [6.07, 6.45) is 3.50. The number of carboxylic acids is 1. The first-order valence-corrected chi connectivity index (χ1v) is 6.15. The van der Waals surface area contributed by atoms with E-state index in [0.717, 1.165) is 11.3 Å². The molecule has 1 aromatic carbocycles. The van der Waals surface area contributed by atoms with Crippen LogP contribution in [0.25, 0.3) is 0 Å². The molecule has 5 heteroatoms. The predicted octanol–water partition coefficient (Wildman–Crippen LogP) is 3.61. The number of halogens is 1. The normalized spacial score (nSPS) is 11.9. The minimum atomic E-state index is -1.03. The second-order valence-corrected chi connectivity index (χ2v) is 4.56. The van der Waals surface area contributed by atoms with Crippen LogP contribution in [0, 0.1) is 0 Å². The second-order valence-electron chi connectivity index (χ2n) is 4.15. The van der Waals surface area contributed by atoms with Gasteiger partial charge in [-0.3, -0.25) is 4.98 Å². The standard InChI is InChI=1S/C14H13ClN2O2/c1-9(10-3-2-6-16-8-10)17-11-4-5-12(14(18)19)13(15)7-11/h2-9,17H,1H3,(H,18,19). The molecule has 0 fully saturated rings. The maximum absolute atomic E-state index is 10.9. The molecule has 2 aromatic rings. The van der Waals surface area contributed by atoms with Crippen LogP contribution in [0.3, 0.4) is 0 Å². The molecule has 0 aliphatic carbocycles. The highest BCUT2D eigenvalue weighted by Gasteiger charge is 2.10. The fraction of sp³-hybridized carbons (Fsp3) is 0.143. The Kier molecular flexibility index (Phi) is 4.02. The molecule has 0 saturated heterocycles. The van der Waals surface area contributed by atoms with Crippen molar-refractivity contribution in [2.24, 2.45) is 0 Å². The zero-order valence-corrected chi connectivity index (χ0v) is 11.1. The Morgan fingerprint density at radius 2 is 2.21 bits per heavy atom. The largest absolute Gasteiger partial charge is 0.478 e. The van der Waals surface area contributed by atoms with E-state index >= 15 is 0 Å². The van der Waals surface area contributed by atoms with Gasteiger partial charge in [0.1, 0.15) is 0 Å². The molecule has 0 bridgehead atoms. The molecule has 0 aliphatic rings. The average Bonchev–Trinajstić information content (AvgIpc) is 2.39. The molecule has 4 nitrogen and oxygen atoms in total. The highest BCUT2D eigenvalue weighted by atomic mass is 35.5. The van der Waals surface area contributed by atoms with Crippen molar-refractivity contribution in [1.82, 2.24) is 4.98 Å². The summed E-state index contributed by atoms with van der Waals surface area (Å²) in [4.78, 5) is 14.9. The first kappa shape index (κ1) is 13.4. The van der Waals surface area contributed by atoms with E-state index in [4.69, 9.17) is 16.7 Å². The summed E-state index contributed by atoms with van der Waals surface area (Å²) in [5, 5.41) is 12.4. The Morgan fingerprint density at radius 1 is 1.42 bits per heavy atom. The lowest BCUT2D eigenvalue weighted by molar-refractivity contribution is 0.0697. The van der Waals surface area contributed by atoms with Crippen LogP contribution in [0.4, 0.5) is 5.69 Å². The van der Waals surface area contributed by atoms with Crippen LogP contribution in [0.2, 0.25) is 5.02 Å². The first-order valence-electron chi connectivity index (χ1n) is 5.77. The number of benzene rings is 1. The highest BCUT2D eigenvalue weighted by molar-refractivity contribution is 6.33. The molecule has 98 valence electrons. The Bertz CT molecular complexity index is 587. The quantitative estimate of drug-likeness (QED) is 0.895. The molecule has 0 spiro atoms. The summed E-state index contributed by atoms with van der Waals surface area (Å²) in [6.45, 7) is 2.00. The molecule has 1 unspecified atom stereocenters. The molecule has 19 heavy (non-hydrogen) atoms. The van der Waals surface area contributed by atoms with E-state index in [2.05, 4.69) is 10.3 Å². The number of hydrogen-bond acceptors (Lipinski definition) is 3. The first-order chi connectivity index (χ1) is 9.08. The fourth-order valence-corrected chi connectivity index (χ4v) is 2.01. The Balaban J connectivity index is 2.16. The van der Waals surface area contributed by atoms with Crippen LogP contribution in [0.1, 0.15) is 28.9 Å². The maximum Gasteiger partial charge on any atom is 0.337 e. The van der Waals surface area contributed by atoms with Crippen molar-refractivity contribution >= 4 is 23.3 Å². The number of rotatable bonds is 4. The van der Waals surface area contributed by atoms with E-state index < -0.39 is 5.97 Å². The van der Waals surface area contributed by atoms with Crippen LogP contribution >= 0.6 is 11.6 Å². The van der Waals surface area contributed by atoms with E-state index in [1.165, 1.54) is 6.07 Å². The average molecular weight is 277 g/mol. The van der Waals surface area contributed by atoms with Crippen molar-refractivity contribution in [2.75, 3.05) is 5.32 Å². The van der Waals surface area contributed by atoms with Crippen molar-refractivity contribution < 1.29 is 9.90 Å². The molecule has 1 aromatic heterocycles. The van der Waals surface area contributed by atoms with Crippen molar-refractivity contribution in [3.05, 3.63) is 58.9 Å². The van der Waals surface area contributed by atoms with Crippen LogP contribution < -0.4 is 5.32 Å².